The van der Waals surface area contributed by atoms with E-state index >= 15 is 0 Å². The van der Waals surface area contributed by atoms with E-state index in [-0.39, 0.29) is 0 Å². The predicted molar refractivity (Wildman–Crippen MR) is 69.6 cm³/mol. The minimum Gasteiger partial charge on any atom is -0.259 e. The van der Waals surface area contributed by atoms with Gasteiger partial charge in [-0.3, -0.25) is 4.98 Å². The molecular formula is C13H9ClN4. The van der Waals surface area contributed by atoms with Crippen LogP contribution >= 0.6 is 11.6 Å². The highest BCUT2D eigenvalue weighted by molar-refractivity contribution is 6.30. The lowest BCUT2D eigenvalue weighted by atomic mass is 10.1. The van der Waals surface area contributed by atoms with Crippen molar-refractivity contribution < 1.29 is 0 Å². The number of nitrogens with zero attached hydrogens (tertiary/aromatic N) is 4. The van der Waals surface area contributed by atoms with Crippen LogP contribution in [0.2, 0.25) is 5.02 Å². The van der Waals surface area contributed by atoms with Crippen molar-refractivity contribution in [1.29, 1.82) is 0 Å². The predicted octanol–water partition coefficient (Wildman–Crippen LogP) is 2.98. The molecule has 0 bridgehead atoms. The van der Waals surface area contributed by atoms with Gasteiger partial charge < -0.3 is 0 Å². The summed E-state index contributed by atoms with van der Waals surface area (Å²) in [6, 6.07) is 7.65. The quantitative estimate of drug-likeness (QED) is 0.708. The summed E-state index contributed by atoms with van der Waals surface area (Å²) >= 11 is 5.97. The van der Waals surface area contributed by atoms with Crippen LogP contribution in [0.15, 0.2) is 55.2 Å². The SMILES string of the molecule is Clc1cccc(-c2cnn(-c3cnccn3)c2)c1. The number of rotatable bonds is 2. The van der Waals surface area contributed by atoms with Gasteiger partial charge in [-0.2, -0.15) is 5.10 Å². The van der Waals surface area contributed by atoms with E-state index in [9.17, 15) is 0 Å². The fourth-order valence-corrected chi connectivity index (χ4v) is 1.87. The van der Waals surface area contributed by atoms with Gasteiger partial charge in [0.1, 0.15) is 0 Å². The Bertz CT molecular complexity index is 664. The van der Waals surface area contributed by atoms with Crippen molar-refractivity contribution in [2.75, 3.05) is 0 Å². The van der Waals surface area contributed by atoms with E-state index in [0.29, 0.717) is 10.8 Å². The summed E-state index contributed by atoms with van der Waals surface area (Å²) in [6.07, 6.45) is 8.60. The van der Waals surface area contributed by atoms with Crippen molar-refractivity contribution >= 4 is 11.6 Å². The molecule has 0 aliphatic carbocycles. The second-order valence-corrected chi connectivity index (χ2v) is 4.18. The molecule has 0 atom stereocenters. The highest BCUT2D eigenvalue weighted by atomic mass is 35.5. The third-order valence-electron chi connectivity index (χ3n) is 2.52. The van der Waals surface area contributed by atoms with Crippen LogP contribution in [-0.4, -0.2) is 19.7 Å². The molecule has 3 rings (SSSR count). The molecule has 0 saturated heterocycles. The van der Waals surface area contributed by atoms with Gasteiger partial charge in [-0.25, -0.2) is 9.67 Å². The average Bonchev–Trinajstić information content (AvgIpc) is 2.89. The number of hydrogen-bond acceptors (Lipinski definition) is 3. The molecule has 0 aliphatic rings. The zero-order valence-corrected chi connectivity index (χ0v) is 10.1. The zero-order valence-electron chi connectivity index (χ0n) is 9.36. The maximum Gasteiger partial charge on any atom is 0.171 e. The maximum atomic E-state index is 5.97. The molecule has 0 amide bonds. The second-order valence-electron chi connectivity index (χ2n) is 3.75. The molecule has 3 aromatic rings. The first kappa shape index (κ1) is 10.9. The maximum absolute atomic E-state index is 5.97. The normalized spacial score (nSPS) is 10.5. The van der Waals surface area contributed by atoms with Crippen LogP contribution in [0.1, 0.15) is 0 Å². The Hall–Kier alpha value is -2.20. The Balaban J connectivity index is 2.00. The Kier molecular flexibility index (Phi) is 2.78. The van der Waals surface area contributed by atoms with Gasteiger partial charge in [-0.15, -0.1) is 0 Å². The van der Waals surface area contributed by atoms with Gasteiger partial charge in [-0.1, -0.05) is 23.7 Å². The van der Waals surface area contributed by atoms with E-state index < -0.39 is 0 Å². The first-order valence-corrected chi connectivity index (χ1v) is 5.78. The van der Waals surface area contributed by atoms with Gasteiger partial charge in [-0.05, 0) is 17.7 Å². The molecule has 5 heteroatoms. The minimum atomic E-state index is 0.686. The molecule has 0 N–H and O–H groups in total. The third-order valence-corrected chi connectivity index (χ3v) is 2.76. The second kappa shape index (κ2) is 4.58. The van der Waals surface area contributed by atoms with Crippen LogP contribution in [0, 0.1) is 0 Å². The molecule has 88 valence electrons. The first-order chi connectivity index (χ1) is 8.83. The van der Waals surface area contributed by atoms with Gasteiger partial charge >= 0.3 is 0 Å². The third kappa shape index (κ3) is 2.10. The van der Waals surface area contributed by atoms with E-state index in [0.717, 1.165) is 11.1 Å². The topological polar surface area (TPSA) is 43.6 Å². The van der Waals surface area contributed by atoms with E-state index in [4.69, 9.17) is 11.6 Å². The van der Waals surface area contributed by atoms with Gasteiger partial charge in [0.2, 0.25) is 0 Å². The summed E-state index contributed by atoms with van der Waals surface area (Å²) in [5, 5.41) is 4.97. The monoisotopic (exact) mass is 256 g/mol. The summed E-state index contributed by atoms with van der Waals surface area (Å²) in [6.45, 7) is 0. The highest BCUT2D eigenvalue weighted by Crippen LogP contribution is 2.22. The van der Waals surface area contributed by atoms with Crippen molar-refractivity contribution in [3.8, 4) is 16.9 Å². The number of aromatic nitrogens is 4. The molecule has 1 aromatic carbocycles. The molecule has 18 heavy (non-hydrogen) atoms. The van der Waals surface area contributed by atoms with Crippen LogP contribution in [0.5, 0.6) is 0 Å². The Morgan fingerprint density at radius 1 is 1.06 bits per heavy atom. The lowest BCUT2D eigenvalue weighted by Crippen LogP contribution is -1.97. The van der Waals surface area contributed by atoms with E-state index in [1.807, 2.05) is 30.5 Å². The van der Waals surface area contributed by atoms with E-state index in [2.05, 4.69) is 15.1 Å². The lowest BCUT2D eigenvalue weighted by Gasteiger charge is -1.98. The highest BCUT2D eigenvalue weighted by Gasteiger charge is 2.04. The van der Waals surface area contributed by atoms with E-state index in [1.165, 1.54) is 0 Å². The molecule has 0 radical (unpaired) electrons. The lowest BCUT2D eigenvalue weighted by molar-refractivity contribution is 0.838. The Morgan fingerprint density at radius 3 is 2.78 bits per heavy atom. The number of benzene rings is 1. The summed E-state index contributed by atoms with van der Waals surface area (Å²) in [5.41, 5.74) is 2.01. The van der Waals surface area contributed by atoms with Crippen molar-refractivity contribution in [1.82, 2.24) is 19.7 Å². The van der Waals surface area contributed by atoms with Crippen LogP contribution < -0.4 is 0 Å². The van der Waals surface area contributed by atoms with Crippen LogP contribution in [0.4, 0.5) is 0 Å². The van der Waals surface area contributed by atoms with Crippen molar-refractivity contribution in [2.24, 2.45) is 0 Å². The summed E-state index contributed by atoms with van der Waals surface area (Å²) in [5.74, 6) is 0.686. The Morgan fingerprint density at radius 2 is 2.00 bits per heavy atom. The largest absolute Gasteiger partial charge is 0.259 e. The van der Waals surface area contributed by atoms with Gasteiger partial charge in [0.25, 0.3) is 0 Å². The molecule has 0 saturated carbocycles. The minimum absolute atomic E-state index is 0.686. The first-order valence-electron chi connectivity index (χ1n) is 5.40. The summed E-state index contributed by atoms with van der Waals surface area (Å²) < 4.78 is 1.68. The molecule has 0 unspecified atom stereocenters. The van der Waals surface area contributed by atoms with Crippen molar-refractivity contribution in [3.63, 3.8) is 0 Å². The molecule has 2 aromatic heterocycles. The standard InChI is InChI=1S/C13H9ClN4/c14-12-3-1-2-10(6-12)11-7-17-18(9-11)13-8-15-4-5-16-13/h1-9H. The fourth-order valence-electron chi connectivity index (χ4n) is 1.67. The van der Waals surface area contributed by atoms with Crippen LogP contribution in [-0.2, 0) is 0 Å². The summed E-state index contributed by atoms with van der Waals surface area (Å²) in [4.78, 5) is 8.20. The molecule has 0 fully saturated rings. The van der Waals surface area contributed by atoms with Gasteiger partial charge in [0.05, 0.1) is 12.4 Å². The van der Waals surface area contributed by atoms with Crippen molar-refractivity contribution in [2.45, 2.75) is 0 Å². The zero-order chi connectivity index (χ0) is 12.4. The van der Waals surface area contributed by atoms with Gasteiger partial charge in [0, 0.05) is 29.2 Å². The fraction of sp³-hybridized carbons (Fsp3) is 0. The Labute approximate surface area is 109 Å². The molecule has 4 nitrogen and oxygen atoms in total. The molecular weight excluding hydrogens is 248 g/mol. The van der Waals surface area contributed by atoms with Crippen LogP contribution in [0.25, 0.3) is 16.9 Å². The van der Waals surface area contributed by atoms with Crippen LogP contribution in [0.3, 0.4) is 0 Å². The van der Waals surface area contributed by atoms with Gasteiger partial charge in [0.15, 0.2) is 5.82 Å². The van der Waals surface area contributed by atoms with Crippen molar-refractivity contribution in [3.05, 3.63) is 60.3 Å². The molecule has 0 aliphatic heterocycles. The number of hydrogen-bond donors (Lipinski definition) is 0. The smallest absolute Gasteiger partial charge is 0.171 e. The average molecular weight is 257 g/mol. The molecule has 0 spiro atoms. The summed E-state index contributed by atoms with van der Waals surface area (Å²) in [7, 11) is 0. The number of halogens is 1. The van der Waals surface area contributed by atoms with E-state index in [1.54, 1.807) is 29.5 Å². The molecule has 2 heterocycles.